The van der Waals surface area contributed by atoms with Gasteiger partial charge in [-0.05, 0) is 29.7 Å². The molecule has 1 N–H and O–H groups in total. The second kappa shape index (κ2) is 9.08. The molecule has 4 nitrogen and oxygen atoms in total. The van der Waals surface area contributed by atoms with Gasteiger partial charge in [0.05, 0.1) is 5.92 Å². The van der Waals surface area contributed by atoms with Crippen molar-refractivity contribution in [3.8, 4) is 0 Å². The Labute approximate surface area is 146 Å². The topological polar surface area (TPSA) is 55.4 Å². The lowest BCUT2D eigenvalue weighted by Gasteiger charge is -2.14. The summed E-state index contributed by atoms with van der Waals surface area (Å²) in [5, 5.41) is 3.36. The number of amides is 1. The second-order valence-corrected chi connectivity index (χ2v) is 5.82. The van der Waals surface area contributed by atoms with Crippen molar-refractivity contribution in [1.29, 1.82) is 0 Å². The van der Waals surface area contributed by atoms with Crippen LogP contribution >= 0.6 is 11.6 Å². The molecular weight excluding hydrogens is 326 g/mol. The lowest BCUT2D eigenvalue weighted by molar-refractivity contribution is -0.150. The third kappa shape index (κ3) is 5.39. The fourth-order valence-corrected chi connectivity index (χ4v) is 2.44. The smallest absolute Gasteiger partial charge is 0.313 e. The molecule has 0 unspecified atom stereocenters. The molecule has 0 aliphatic rings. The zero-order valence-electron chi connectivity index (χ0n) is 13.5. The molecule has 0 heterocycles. The van der Waals surface area contributed by atoms with Crippen molar-refractivity contribution < 1.29 is 14.3 Å². The minimum Gasteiger partial charge on any atom is -0.455 e. The van der Waals surface area contributed by atoms with E-state index in [4.69, 9.17) is 16.3 Å². The quantitative estimate of drug-likeness (QED) is 0.778. The molecule has 1 amide bonds. The van der Waals surface area contributed by atoms with E-state index in [1.807, 2.05) is 49.4 Å². The average Bonchev–Trinajstić information content (AvgIpc) is 2.61. The van der Waals surface area contributed by atoms with Crippen molar-refractivity contribution >= 4 is 23.5 Å². The number of ether oxygens (including phenoxy) is 1. The third-order valence-corrected chi connectivity index (χ3v) is 3.90. The van der Waals surface area contributed by atoms with E-state index in [1.165, 1.54) is 0 Å². The molecule has 0 aromatic heterocycles. The Morgan fingerprint density at radius 1 is 1.08 bits per heavy atom. The molecule has 0 radical (unpaired) electrons. The summed E-state index contributed by atoms with van der Waals surface area (Å²) in [6, 6.07) is 16.6. The normalized spacial score (nSPS) is 11.6. The van der Waals surface area contributed by atoms with Crippen molar-refractivity contribution in [2.75, 3.05) is 6.61 Å². The third-order valence-electron chi connectivity index (χ3n) is 3.64. The molecule has 5 heteroatoms. The number of carbonyl (C=O) groups is 2. The Balaban J connectivity index is 1.80. The Kier molecular flexibility index (Phi) is 6.82. The van der Waals surface area contributed by atoms with Crippen LogP contribution in [0.4, 0.5) is 0 Å². The van der Waals surface area contributed by atoms with Gasteiger partial charge in [0.25, 0.3) is 5.91 Å². The van der Waals surface area contributed by atoms with E-state index in [0.29, 0.717) is 18.0 Å². The Bertz CT molecular complexity index is 671. The molecule has 0 fully saturated rings. The van der Waals surface area contributed by atoms with E-state index in [2.05, 4.69) is 5.32 Å². The van der Waals surface area contributed by atoms with Gasteiger partial charge in [0.1, 0.15) is 0 Å². The number of halogens is 1. The number of hydrogen-bond acceptors (Lipinski definition) is 3. The summed E-state index contributed by atoms with van der Waals surface area (Å²) in [5.41, 5.74) is 1.82. The molecule has 126 valence electrons. The standard InChI is InChI=1S/C19H20ClNO3/c1-2-17(15-6-4-3-5-7-15)19(23)24-13-18(22)21-12-14-8-10-16(20)11-9-14/h3-11,17H,2,12-13H2,1H3,(H,21,22)/t17-/m0/s1. The molecule has 24 heavy (non-hydrogen) atoms. The minimum atomic E-state index is -0.384. The first-order valence-electron chi connectivity index (χ1n) is 7.83. The first-order valence-corrected chi connectivity index (χ1v) is 8.20. The van der Waals surface area contributed by atoms with Crippen molar-refractivity contribution in [3.63, 3.8) is 0 Å². The van der Waals surface area contributed by atoms with Crippen LogP contribution in [0.3, 0.4) is 0 Å². The molecule has 0 aliphatic heterocycles. The van der Waals surface area contributed by atoms with Crippen molar-refractivity contribution in [2.45, 2.75) is 25.8 Å². The van der Waals surface area contributed by atoms with Gasteiger partial charge < -0.3 is 10.1 Å². The van der Waals surface area contributed by atoms with Crippen LogP contribution in [0.1, 0.15) is 30.4 Å². The van der Waals surface area contributed by atoms with Gasteiger partial charge in [0.15, 0.2) is 6.61 Å². The summed E-state index contributed by atoms with van der Waals surface area (Å²) in [6.45, 7) is 2.00. The van der Waals surface area contributed by atoms with Crippen molar-refractivity contribution in [3.05, 3.63) is 70.7 Å². The molecule has 2 aromatic rings. The molecule has 0 aliphatic carbocycles. The number of esters is 1. The lowest BCUT2D eigenvalue weighted by Crippen LogP contribution is -2.29. The highest BCUT2D eigenvalue weighted by Crippen LogP contribution is 2.20. The fraction of sp³-hybridized carbons (Fsp3) is 0.263. The largest absolute Gasteiger partial charge is 0.455 e. The van der Waals surface area contributed by atoms with E-state index in [1.54, 1.807) is 12.1 Å². The maximum absolute atomic E-state index is 12.2. The molecular formula is C19H20ClNO3. The molecule has 0 spiro atoms. The molecule has 1 atom stereocenters. The molecule has 0 saturated carbocycles. The van der Waals surface area contributed by atoms with Crippen LogP contribution in [0.5, 0.6) is 0 Å². The van der Waals surface area contributed by atoms with Gasteiger partial charge in [-0.2, -0.15) is 0 Å². The van der Waals surface area contributed by atoms with Gasteiger partial charge in [-0.1, -0.05) is 61.0 Å². The summed E-state index contributed by atoms with van der Waals surface area (Å²) in [6.07, 6.45) is 0.620. The highest BCUT2D eigenvalue weighted by molar-refractivity contribution is 6.30. The van der Waals surface area contributed by atoms with Crippen LogP contribution < -0.4 is 5.32 Å². The van der Waals surface area contributed by atoms with E-state index >= 15 is 0 Å². The summed E-state index contributed by atoms with van der Waals surface area (Å²) in [7, 11) is 0. The summed E-state index contributed by atoms with van der Waals surface area (Å²) < 4.78 is 5.15. The van der Waals surface area contributed by atoms with Gasteiger partial charge in [0, 0.05) is 11.6 Å². The maximum atomic E-state index is 12.2. The summed E-state index contributed by atoms with van der Waals surface area (Å²) >= 11 is 5.81. The van der Waals surface area contributed by atoms with E-state index in [-0.39, 0.29) is 24.4 Å². The Hall–Kier alpha value is -2.33. The van der Waals surface area contributed by atoms with E-state index in [9.17, 15) is 9.59 Å². The van der Waals surface area contributed by atoms with Gasteiger partial charge in [0.2, 0.25) is 0 Å². The zero-order chi connectivity index (χ0) is 17.4. The monoisotopic (exact) mass is 345 g/mol. The number of rotatable bonds is 7. The first-order chi connectivity index (χ1) is 11.6. The number of carbonyl (C=O) groups excluding carboxylic acids is 2. The van der Waals surface area contributed by atoms with Crippen LogP contribution in [-0.4, -0.2) is 18.5 Å². The van der Waals surface area contributed by atoms with Crippen LogP contribution in [-0.2, 0) is 20.9 Å². The summed E-state index contributed by atoms with van der Waals surface area (Å²) in [5.74, 6) is -1.07. The molecule has 0 bridgehead atoms. The minimum absolute atomic E-state index is 0.282. The van der Waals surface area contributed by atoms with Crippen LogP contribution in [0.2, 0.25) is 5.02 Å². The number of nitrogens with one attached hydrogen (secondary N) is 1. The van der Waals surface area contributed by atoms with Crippen molar-refractivity contribution in [2.24, 2.45) is 0 Å². The first kappa shape index (κ1) is 18.0. The molecule has 2 aromatic carbocycles. The predicted molar refractivity (Wildman–Crippen MR) is 93.7 cm³/mol. The Morgan fingerprint density at radius 2 is 1.75 bits per heavy atom. The van der Waals surface area contributed by atoms with Gasteiger partial charge in [-0.15, -0.1) is 0 Å². The van der Waals surface area contributed by atoms with Crippen LogP contribution in [0, 0.1) is 0 Å². The highest BCUT2D eigenvalue weighted by atomic mass is 35.5. The van der Waals surface area contributed by atoms with Gasteiger partial charge in [-0.25, -0.2) is 0 Å². The molecule has 2 rings (SSSR count). The van der Waals surface area contributed by atoms with E-state index < -0.39 is 0 Å². The second-order valence-electron chi connectivity index (χ2n) is 5.38. The summed E-state index contributed by atoms with van der Waals surface area (Å²) in [4.78, 5) is 24.0. The van der Waals surface area contributed by atoms with Crippen LogP contribution in [0.15, 0.2) is 54.6 Å². The van der Waals surface area contributed by atoms with Crippen LogP contribution in [0.25, 0.3) is 0 Å². The lowest BCUT2D eigenvalue weighted by atomic mass is 9.97. The van der Waals surface area contributed by atoms with E-state index in [0.717, 1.165) is 11.1 Å². The highest BCUT2D eigenvalue weighted by Gasteiger charge is 2.20. The SMILES string of the molecule is CC[C@H](C(=O)OCC(=O)NCc1ccc(Cl)cc1)c1ccccc1. The zero-order valence-corrected chi connectivity index (χ0v) is 14.3. The number of benzene rings is 2. The Morgan fingerprint density at radius 3 is 2.38 bits per heavy atom. The average molecular weight is 346 g/mol. The molecule has 0 saturated heterocycles. The number of hydrogen-bond donors (Lipinski definition) is 1. The fourth-order valence-electron chi connectivity index (χ4n) is 2.32. The van der Waals surface area contributed by atoms with Gasteiger partial charge in [-0.3, -0.25) is 9.59 Å². The van der Waals surface area contributed by atoms with Crippen molar-refractivity contribution in [1.82, 2.24) is 5.32 Å². The van der Waals surface area contributed by atoms with Gasteiger partial charge >= 0.3 is 5.97 Å². The maximum Gasteiger partial charge on any atom is 0.313 e. The predicted octanol–water partition coefficient (Wildman–Crippen LogP) is 3.69.